The Hall–Kier alpha value is -3.19. The number of benzene rings is 1. The van der Waals surface area contributed by atoms with Crippen molar-refractivity contribution in [3.05, 3.63) is 59.7 Å². The van der Waals surface area contributed by atoms with Gasteiger partial charge in [0.2, 0.25) is 5.91 Å². The number of ether oxygens (including phenoxy) is 1. The van der Waals surface area contributed by atoms with Crippen molar-refractivity contribution in [2.45, 2.75) is 45.2 Å². The van der Waals surface area contributed by atoms with Crippen LogP contribution in [0.15, 0.2) is 59.2 Å². The number of nitrogens with one attached hydrogen (secondary N) is 3. The highest BCUT2D eigenvalue weighted by atomic mass is 16.5. The summed E-state index contributed by atoms with van der Waals surface area (Å²) in [7, 11) is 0. The third kappa shape index (κ3) is 9.35. The molecule has 3 atom stereocenters. The fraction of sp³-hybridized carbons (Fsp3) is 0.480. The minimum absolute atomic E-state index is 0.132. The maximum atomic E-state index is 12.4. The Labute approximate surface area is 202 Å². The number of nitrogens with zero attached hydrogens (tertiary/aromatic N) is 2. The fourth-order valence-electron chi connectivity index (χ4n) is 3.23. The van der Waals surface area contributed by atoms with Gasteiger partial charge >= 0.3 is 0 Å². The number of hydrogen-bond donors (Lipinski definition) is 5. The van der Waals surface area contributed by atoms with Gasteiger partial charge in [0.15, 0.2) is 0 Å². The van der Waals surface area contributed by atoms with Crippen molar-refractivity contribution in [1.82, 2.24) is 16.3 Å². The van der Waals surface area contributed by atoms with Crippen molar-refractivity contribution in [3.8, 4) is 6.07 Å². The molecule has 7 N–H and O–H groups in total. The Kier molecular flexibility index (Phi) is 10.7. The molecule has 0 fully saturated rings. The van der Waals surface area contributed by atoms with Crippen LogP contribution in [0.3, 0.4) is 0 Å². The van der Waals surface area contributed by atoms with Crippen molar-refractivity contribution in [1.29, 1.82) is 5.26 Å². The molecule has 1 aromatic rings. The number of hydrogen-bond acceptors (Lipinski definition) is 7. The standard InChI is InChI=1S/C25H37N7O2/c1-18-9-7-8-12-21(18)16-34-17-22(30-24(33)25(2,3)28)23(27)31-32-29-15-20(14-26)13-19-10-5-4-6-11-19/h4-8,10-12,18,20,22,29,32H,9,13,15-17,28H2,1-3H3,(H2,27,31)(H,30,33). The first-order valence-corrected chi connectivity index (χ1v) is 11.5. The number of carbonyl (C=O) groups is 1. The van der Waals surface area contributed by atoms with E-state index in [4.69, 9.17) is 16.2 Å². The number of allylic oxidation sites excluding steroid dienone is 3. The number of rotatable bonds is 13. The van der Waals surface area contributed by atoms with Crippen molar-refractivity contribution in [2.75, 3.05) is 19.8 Å². The van der Waals surface area contributed by atoms with Crippen LogP contribution in [0.2, 0.25) is 0 Å². The van der Waals surface area contributed by atoms with Crippen LogP contribution in [0.1, 0.15) is 32.8 Å². The zero-order chi connectivity index (χ0) is 25.0. The zero-order valence-electron chi connectivity index (χ0n) is 20.3. The van der Waals surface area contributed by atoms with E-state index in [1.807, 2.05) is 36.4 Å². The molecule has 3 unspecified atom stereocenters. The van der Waals surface area contributed by atoms with Crippen LogP contribution in [-0.2, 0) is 16.0 Å². The van der Waals surface area contributed by atoms with E-state index >= 15 is 0 Å². The van der Waals surface area contributed by atoms with Crippen LogP contribution in [-0.4, -0.2) is 43.1 Å². The van der Waals surface area contributed by atoms with Gasteiger partial charge in [-0.15, -0.1) is 5.10 Å². The molecule has 9 heteroatoms. The van der Waals surface area contributed by atoms with Crippen molar-refractivity contribution < 1.29 is 9.53 Å². The SMILES string of the molecule is CC1CC=CC=C1COCC(NC(=O)C(C)(C)N)C(N)=NNNCC(C#N)Cc1ccccc1. The highest BCUT2D eigenvalue weighted by molar-refractivity contribution is 5.93. The Morgan fingerprint density at radius 3 is 2.74 bits per heavy atom. The van der Waals surface area contributed by atoms with Gasteiger partial charge in [-0.3, -0.25) is 4.79 Å². The van der Waals surface area contributed by atoms with E-state index in [1.54, 1.807) is 13.8 Å². The van der Waals surface area contributed by atoms with Crippen LogP contribution in [0.5, 0.6) is 0 Å². The third-order valence-electron chi connectivity index (χ3n) is 5.49. The van der Waals surface area contributed by atoms with Gasteiger partial charge in [-0.2, -0.15) is 5.26 Å². The highest BCUT2D eigenvalue weighted by Gasteiger charge is 2.26. The number of amides is 1. The molecule has 0 aromatic heterocycles. The summed E-state index contributed by atoms with van der Waals surface area (Å²) < 4.78 is 5.86. The molecular formula is C25H37N7O2. The van der Waals surface area contributed by atoms with Crippen LogP contribution >= 0.6 is 0 Å². The lowest BCUT2D eigenvalue weighted by molar-refractivity contribution is -0.125. The average molecular weight is 468 g/mol. The second-order valence-corrected chi connectivity index (χ2v) is 9.11. The predicted octanol–water partition coefficient (Wildman–Crippen LogP) is 1.50. The summed E-state index contributed by atoms with van der Waals surface area (Å²) in [6.45, 7) is 6.32. The monoisotopic (exact) mass is 467 g/mol. The molecule has 2 rings (SSSR count). The molecule has 1 amide bonds. The molecular weight excluding hydrogens is 430 g/mol. The summed E-state index contributed by atoms with van der Waals surface area (Å²) in [6, 6.07) is 11.4. The molecule has 1 aromatic carbocycles. The molecule has 0 bridgehead atoms. The fourth-order valence-corrected chi connectivity index (χ4v) is 3.23. The minimum Gasteiger partial charge on any atom is -0.384 e. The van der Waals surface area contributed by atoms with E-state index in [1.165, 1.54) is 5.57 Å². The second kappa shape index (κ2) is 13.5. The minimum atomic E-state index is -1.08. The van der Waals surface area contributed by atoms with E-state index in [0.29, 0.717) is 25.5 Å². The molecule has 0 aliphatic heterocycles. The summed E-state index contributed by atoms with van der Waals surface area (Å²) >= 11 is 0. The van der Waals surface area contributed by atoms with Gasteiger partial charge in [-0.05, 0) is 43.7 Å². The number of carbonyl (C=O) groups excluding carboxylic acids is 1. The molecule has 34 heavy (non-hydrogen) atoms. The highest BCUT2D eigenvalue weighted by Crippen LogP contribution is 2.19. The smallest absolute Gasteiger partial charge is 0.240 e. The number of nitriles is 1. The first-order valence-electron chi connectivity index (χ1n) is 11.5. The summed E-state index contributed by atoms with van der Waals surface area (Å²) in [5, 5.41) is 16.3. The summed E-state index contributed by atoms with van der Waals surface area (Å²) in [5.41, 5.74) is 18.8. The molecule has 0 saturated carbocycles. The maximum absolute atomic E-state index is 12.4. The van der Waals surface area contributed by atoms with Crippen molar-refractivity contribution >= 4 is 11.7 Å². The van der Waals surface area contributed by atoms with E-state index in [-0.39, 0.29) is 24.3 Å². The predicted molar refractivity (Wildman–Crippen MR) is 134 cm³/mol. The Bertz CT molecular complexity index is 913. The molecule has 1 aliphatic carbocycles. The first kappa shape index (κ1) is 27.1. The summed E-state index contributed by atoms with van der Waals surface area (Å²) in [5.74, 6) is -0.0788. The topological polar surface area (TPSA) is 151 Å². The first-order chi connectivity index (χ1) is 16.2. The van der Waals surface area contributed by atoms with Crippen LogP contribution < -0.4 is 27.7 Å². The average Bonchev–Trinajstić information content (AvgIpc) is 2.81. The van der Waals surface area contributed by atoms with Gasteiger partial charge < -0.3 is 21.5 Å². The van der Waals surface area contributed by atoms with Crippen LogP contribution in [0, 0.1) is 23.2 Å². The third-order valence-corrected chi connectivity index (χ3v) is 5.49. The Morgan fingerprint density at radius 1 is 1.35 bits per heavy atom. The van der Waals surface area contributed by atoms with Gasteiger partial charge in [0.25, 0.3) is 0 Å². The van der Waals surface area contributed by atoms with Crippen LogP contribution in [0.25, 0.3) is 0 Å². The lowest BCUT2D eigenvalue weighted by atomic mass is 9.94. The molecule has 0 heterocycles. The number of nitrogens with two attached hydrogens (primary N) is 2. The zero-order valence-corrected chi connectivity index (χ0v) is 20.3. The Balaban J connectivity index is 1.91. The molecule has 0 spiro atoms. The molecule has 0 saturated heterocycles. The molecule has 184 valence electrons. The lowest BCUT2D eigenvalue weighted by Crippen LogP contribution is -2.57. The van der Waals surface area contributed by atoms with Gasteiger partial charge in [0.1, 0.15) is 11.9 Å². The maximum Gasteiger partial charge on any atom is 0.240 e. The molecule has 0 radical (unpaired) electrons. The number of hydrazine groups is 1. The van der Waals surface area contributed by atoms with Gasteiger partial charge in [-0.1, -0.05) is 55.5 Å². The van der Waals surface area contributed by atoms with E-state index in [9.17, 15) is 10.1 Å². The molecule has 1 aliphatic rings. The summed E-state index contributed by atoms with van der Waals surface area (Å²) in [4.78, 5) is 12.4. The van der Waals surface area contributed by atoms with E-state index in [0.717, 1.165) is 12.0 Å². The quantitative estimate of drug-likeness (QED) is 0.128. The van der Waals surface area contributed by atoms with E-state index < -0.39 is 11.6 Å². The van der Waals surface area contributed by atoms with Gasteiger partial charge in [0.05, 0.1) is 30.7 Å². The van der Waals surface area contributed by atoms with Crippen molar-refractivity contribution in [3.63, 3.8) is 0 Å². The molecule has 9 nitrogen and oxygen atoms in total. The number of amidine groups is 1. The Morgan fingerprint density at radius 2 is 2.09 bits per heavy atom. The van der Waals surface area contributed by atoms with Crippen LogP contribution in [0.4, 0.5) is 0 Å². The second-order valence-electron chi connectivity index (χ2n) is 9.11. The van der Waals surface area contributed by atoms with Crippen molar-refractivity contribution in [2.24, 2.45) is 28.4 Å². The lowest BCUT2D eigenvalue weighted by Gasteiger charge is -2.25. The van der Waals surface area contributed by atoms with Gasteiger partial charge in [-0.25, -0.2) is 11.0 Å². The number of hydrazone groups is 1. The summed E-state index contributed by atoms with van der Waals surface area (Å²) in [6.07, 6.45) is 7.79. The van der Waals surface area contributed by atoms with E-state index in [2.05, 4.69) is 46.5 Å². The van der Waals surface area contributed by atoms with Gasteiger partial charge in [0, 0.05) is 6.54 Å². The largest absolute Gasteiger partial charge is 0.384 e. The normalized spacial score (nSPS) is 17.9.